The first-order chi connectivity index (χ1) is 20.1. The molecule has 0 bridgehead atoms. The van der Waals surface area contributed by atoms with Gasteiger partial charge in [-0.1, -0.05) is 64.6 Å². The van der Waals surface area contributed by atoms with Gasteiger partial charge in [0.2, 0.25) is 11.7 Å². The van der Waals surface area contributed by atoms with Crippen molar-refractivity contribution in [1.82, 2.24) is 4.98 Å². The summed E-state index contributed by atoms with van der Waals surface area (Å²) in [6.45, 7) is 5.67. The van der Waals surface area contributed by atoms with Gasteiger partial charge in [-0.05, 0) is 39.0 Å². The Hall–Kier alpha value is -3.06. The Balaban J connectivity index is 1.27. The van der Waals surface area contributed by atoms with E-state index in [1.54, 1.807) is 19.9 Å². The van der Waals surface area contributed by atoms with Gasteiger partial charge < -0.3 is 30.0 Å². The third kappa shape index (κ3) is 10.0. The average Bonchev–Trinajstić information content (AvgIpc) is 3.50. The molecule has 3 rings (SSSR count). The Labute approximate surface area is 252 Å². The van der Waals surface area contributed by atoms with Crippen LogP contribution in [0.15, 0.2) is 45.3 Å². The molecule has 12 heteroatoms. The van der Waals surface area contributed by atoms with Crippen molar-refractivity contribution in [1.29, 1.82) is 0 Å². The van der Waals surface area contributed by atoms with E-state index < -0.39 is 24.0 Å². The first-order valence-corrected chi connectivity index (χ1v) is 16.4. The Morgan fingerprint density at radius 3 is 2.71 bits per heavy atom. The number of aromatic amines is 1. The molecule has 0 unspecified atom stereocenters. The number of nitrogens with one attached hydrogen (secondary N) is 2. The molecular weight excluding hydrogens is 580 g/mol. The summed E-state index contributed by atoms with van der Waals surface area (Å²) in [4.78, 5) is 52.4. The number of aliphatic hydroxyl groups excluding tert-OH is 2. The molecule has 0 aromatic heterocycles. The summed E-state index contributed by atoms with van der Waals surface area (Å²) in [6, 6.07) is 0. The summed E-state index contributed by atoms with van der Waals surface area (Å²) in [5, 5.41) is 24.5. The number of amides is 1. The van der Waals surface area contributed by atoms with Crippen LogP contribution in [0.2, 0.25) is 0 Å². The molecule has 3 heterocycles. The zero-order valence-electron chi connectivity index (χ0n) is 24.3. The number of allylic oxidation sites excluding steroid dienone is 1. The second kappa shape index (κ2) is 16.5. The fraction of sp³-hybridized carbons (Fsp3) is 0.533. The Morgan fingerprint density at radius 2 is 1.95 bits per heavy atom. The minimum absolute atomic E-state index is 0.0390. The van der Waals surface area contributed by atoms with Crippen molar-refractivity contribution in [2.24, 2.45) is 5.92 Å². The number of ketones is 1. The highest BCUT2D eigenvalue weighted by atomic mass is 32.9. The highest BCUT2D eigenvalue weighted by Crippen LogP contribution is 2.35. The molecule has 0 radical (unpaired) electrons. The molecule has 0 saturated heterocycles. The molecule has 42 heavy (non-hydrogen) atoms. The number of carbonyl (C=O) groups is 3. The van der Waals surface area contributed by atoms with Crippen molar-refractivity contribution in [2.75, 3.05) is 18.5 Å². The zero-order valence-corrected chi connectivity index (χ0v) is 25.9. The van der Waals surface area contributed by atoms with Gasteiger partial charge in [-0.25, -0.2) is 4.79 Å². The second-order valence-electron chi connectivity index (χ2n) is 10.6. The second-order valence-corrected chi connectivity index (χ2v) is 12.7. The summed E-state index contributed by atoms with van der Waals surface area (Å²) in [7, 11) is 2.96. The number of hydrogen-bond acceptors (Lipinski definition) is 10. The van der Waals surface area contributed by atoms with E-state index in [1.807, 2.05) is 18.4 Å². The predicted molar refractivity (Wildman–Crippen MR) is 164 cm³/mol. The molecule has 0 spiro atoms. The van der Waals surface area contributed by atoms with Gasteiger partial charge in [0.05, 0.1) is 29.9 Å². The SMILES string of the molecule is C/C(=C\C(=O)OCCCCCCCC(=O)Nc1c2sscc-2[nH]c1=O)C[C@@H]1OCC(C/C=C/[C@@H](C)[C@H](C)O)=C(O)C1=O. The first kappa shape index (κ1) is 33.4. The predicted octanol–water partition coefficient (Wildman–Crippen LogP) is 5.50. The summed E-state index contributed by atoms with van der Waals surface area (Å²) in [5.74, 6) is -1.51. The van der Waals surface area contributed by atoms with Gasteiger partial charge in [-0.2, -0.15) is 0 Å². The number of esters is 1. The number of ether oxygens (including phenoxy) is 2. The number of hydrogen-bond donors (Lipinski definition) is 4. The Morgan fingerprint density at radius 1 is 1.21 bits per heavy atom. The molecule has 3 aliphatic heterocycles. The summed E-state index contributed by atoms with van der Waals surface area (Å²) < 4.78 is 10.9. The highest BCUT2D eigenvalue weighted by molar-refractivity contribution is 7.70. The number of anilines is 1. The topological polar surface area (TPSA) is 155 Å². The number of fused-ring (bicyclic) bond motifs is 1. The van der Waals surface area contributed by atoms with Crippen LogP contribution in [0.5, 0.6) is 0 Å². The van der Waals surface area contributed by atoms with E-state index in [-0.39, 0.29) is 42.8 Å². The number of aliphatic hydroxyl groups is 2. The van der Waals surface area contributed by atoms with Crippen molar-refractivity contribution in [3.8, 4) is 10.6 Å². The van der Waals surface area contributed by atoms with Gasteiger partial charge >= 0.3 is 5.97 Å². The van der Waals surface area contributed by atoms with Crippen molar-refractivity contribution in [2.45, 2.75) is 84.3 Å². The summed E-state index contributed by atoms with van der Waals surface area (Å²) in [5.41, 5.74) is 1.91. The maximum Gasteiger partial charge on any atom is 0.330 e. The number of H-pyrrole nitrogens is 1. The molecule has 10 nitrogen and oxygen atoms in total. The quantitative estimate of drug-likeness (QED) is 0.0630. The van der Waals surface area contributed by atoms with Gasteiger partial charge in [0.25, 0.3) is 5.56 Å². The van der Waals surface area contributed by atoms with Gasteiger partial charge in [0.1, 0.15) is 11.8 Å². The van der Waals surface area contributed by atoms with Crippen LogP contribution in [-0.2, 0) is 23.9 Å². The smallest absolute Gasteiger partial charge is 0.330 e. The minimum Gasteiger partial charge on any atom is -0.504 e. The lowest BCUT2D eigenvalue weighted by Crippen LogP contribution is -2.32. The lowest BCUT2D eigenvalue weighted by Gasteiger charge is -2.23. The molecule has 0 aliphatic carbocycles. The minimum atomic E-state index is -0.858. The van der Waals surface area contributed by atoms with E-state index in [1.165, 1.54) is 26.8 Å². The molecule has 0 fully saturated rings. The fourth-order valence-electron chi connectivity index (χ4n) is 4.33. The monoisotopic (exact) mass is 620 g/mol. The molecule has 0 saturated carbocycles. The van der Waals surface area contributed by atoms with E-state index in [2.05, 4.69) is 10.3 Å². The van der Waals surface area contributed by atoms with E-state index in [9.17, 15) is 29.4 Å². The molecule has 230 valence electrons. The van der Waals surface area contributed by atoms with Crippen LogP contribution in [0.25, 0.3) is 10.6 Å². The molecule has 0 aromatic rings. The standard InChI is InChI=1S/C30H40N2O8S2/c1-18(14-23-28(37)27(36)21(16-40-23)11-9-10-19(2)20(3)33)15-25(35)39-13-8-6-4-5-7-12-24(34)32-26-29-22(17-41-42-29)31-30(26)38/h9-10,15,17,19-20,23,33,36H,4-8,11-14,16H2,1-3H3,(H,31,38)(H,32,34)/b10-9+,18-15+/t19-,20+,23+/m1/s1. The van der Waals surface area contributed by atoms with Gasteiger partial charge in [-0.3, -0.25) is 14.4 Å². The number of rotatable bonds is 16. The van der Waals surface area contributed by atoms with E-state index in [4.69, 9.17) is 9.47 Å². The molecule has 1 amide bonds. The largest absolute Gasteiger partial charge is 0.504 e. The van der Waals surface area contributed by atoms with Crippen LogP contribution in [0, 0.1) is 5.92 Å². The lowest BCUT2D eigenvalue weighted by molar-refractivity contribution is -0.138. The van der Waals surface area contributed by atoms with Gasteiger partial charge in [-0.15, -0.1) is 0 Å². The van der Waals surface area contributed by atoms with Gasteiger partial charge in [0.15, 0.2) is 5.76 Å². The van der Waals surface area contributed by atoms with Crippen LogP contribution in [0.3, 0.4) is 0 Å². The van der Waals surface area contributed by atoms with Crippen LogP contribution in [0.4, 0.5) is 5.69 Å². The highest BCUT2D eigenvalue weighted by Gasteiger charge is 2.30. The van der Waals surface area contributed by atoms with Crippen molar-refractivity contribution < 1.29 is 34.1 Å². The van der Waals surface area contributed by atoms with E-state index in [0.29, 0.717) is 42.5 Å². The third-order valence-corrected chi connectivity index (χ3v) is 9.15. The van der Waals surface area contributed by atoms with Crippen LogP contribution in [0.1, 0.15) is 72.1 Å². The number of carbonyl (C=O) groups excluding carboxylic acids is 3. The summed E-state index contributed by atoms with van der Waals surface area (Å²) in [6.07, 6.45) is 8.49. The molecule has 3 atom stereocenters. The maximum absolute atomic E-state index is 12.6. The van der Waals surface area contributed by atoms with E-state index >= 15 is 0 Å². The van der Waals surface area contributed by atoms with Crippen LogP contribution < -0.4 is 10.9 Å². The van der Waals surface area contributed by atoms with E-state index in [0.717, 1.165) is 29.8 Å². The number of aromatic nitrogens is 1. The molecule has 4 N–H and O–H groups in total. The number of unbranched alkanes of at least 4 members (excludes halogenated alkanes) is 4. The van der Waals surface area contributed by atoms with Crippen molar-refractivity contribution in [3.05, 3.63) is 50.9 Å². The fourth-order valence-corrected chi connectivity index (χ4v) is 6.49. The van der Waals surface area contributed by atoms with Crippen LogP contribution >= 0.6 is 20.7 Å². The lowest BCUT2D eigenvalue weighted by atomic mass is 9.97. The van der Waals surface area contributed by atoms with Gasteiger partial charge in [0, 0.05) is 29.9 Å². The first-order valence-electron chi connectivity index (χ1n) is 14.2. The molecule has 3 aliphatic rings. The Bertz CT molecular complexity index is 1330. The van der Waals surface area contributed by atoms with Crippen LogP contribution in [-0.4, -0.2) is 58.3 Å². The summed E-state index contributed by atoms with van der Waals surface area (Å²) >= 11 is 0. The van der Waals surface area contributed by atoms with Crippen molar-refractivity contribution >= 4 is 44.0 Å². The number of Topliss-reactive ketones (excluding diaryl/α,β-unsaturated/α-hetero) is 1. The maximum atomic E-state index is 12.6. The average molecular weight is 621 g/mol. The van der Waals surface area contributed by atoms with Crippen molar-refractivity contribution in [3.63, 3.8) is 0 Å². The molecule has 0 aromatic carbocycles. The third-order valence-electron chi connectivity index (χ3n) is 7.06. The molecular formula is C30H40N2O8S2. The Kier molecular flexibility index (Phi) is 13.2. The normalized spacial score (nSPS) is 17.7. The zero-order chi connectivity index (χ0) is 30.6.